The molecule has 7 heteroatoms. The molecule has 0 aliphatic heterocycles. The molecule has 1 aromatic carbocycles. The first-order valence-corrected chi connectivity index (χ1v) is 7.58. The van der Waals surface area contributed by atoms with Crippen molar-refractivity contribution in [3.63, 3.8) is 0 Å². The van der Waals surface area contributed by atoms with Gasteiger partial charge in [-0.1, -0.05) is 0 Å². The summed E-state index contributed by atoms with van der Waals surface area (Å²) >= 11 is 0. The quantitative estimate of drug-likeness (QED) is 0.666. The van der Waals surface area contributed by atoms with Gasteiger partial charge in [-0.3, -0.25) is 9.78 Å². The molecule has 0 fully saturated rings. The van der Waals surface area contributed by atoms with E-state index in [4.69, 9.17) is 4.74 Å². The third-order valence-electron chi connectivity index (χ3n) is 3.64. The van der Waals surface area contributed by atoms with Crippen LogP contribution in [0.15, 0.2) is 42.9 Å². The molecular weight excluding hydrogens is 323 g/mol. The van der Waals surface area contributed by atoms with Gasteiger partial charge in [-0.2, -0.15) is 4.98 Å². The number of aryl methyl sites for hydroxylation is 1. The summed E-state index contributed by atoms with van der Waals surface area (Å²) in [6, 6.07) is 5.31. The summed E-state index contributed by atoms with van der Waals surface area (Å²) in [5, 5.41) is 0. The molecule has 2 aromatic heterocycles. The van der Waals surface area contributed by atoms with Crippen LogP contribution in [0.5, 0.6) is 5.88 Å². The molecule has 0 spiro atoms. The van der Waals surface area contributed by atoms with Gasteiger partial charge in [0, 0.05) is 29.2 Å². The molecule has 0 N–H and O–H groups in total. The van der Waals surface area contributed by atoms with E-state index in [-0.39, 0.29) is 12.4 Å². The van der Waals surface area contributed by atoms with E-state index in [1.807, 2.05) is 13.8 Å². The molecule has 126 valence electrons. The van der Waals surface area contributed by atoms with Crippen LogP contribution in [-0.2, 0) is 0 Å². The van der Waals surface area contributed by atoms with Crippen LogP contribution in [0.3, 0.4) is 0 Å². The molecule has 25 heavy (non-hydrogen) atoms. The van der Waals surface area contributed by atoms with Crippen molar-refractivity contribution in [3.8, 4) is 17.4 Å². The number of ketones is 1. The summed E-state index contributed by atoms with van der Waals surface area (Å²) < 4.78 is 18.5. The number of carbonyl (C=O) groups is 1. The molecule has 6 nitrogen and oxygen atoms in total. The van der Waals surface area contributed by atoms with E-state index < -0.39 is 5.82 Å². The monoisotopic (exact) mass is 338 g/mol. The van der Waals surface area contributed by atoms with Gasteiger partial charge in [0.25, 0.3) is 0 Å². The second-order valence-electron chi connectivity index (χ2n) is 5.37. The number of carbonyl (C=O) groups excluding carboxylic acids is 1. The lowest BCUT2D eigenvalue weighted by atomic mass is 10.1. The minimum Gasteiger partial charge on any atom is -0.469 e. The van der Waals surface area contributed by atoms with E-state index in [9.17, 15) is 9.18 Å². The van der Waals surface area contributed by atoms with Crippen LogP contribution in [0.1, 0.15) is 21.6 Å². The molecule has 2 heterocycles. The zero-order valence-electron chi connectivity index (χ0n) is 13.7. The average molecular weight is 338 g/mol. The fraction of sp³-hybridized carbons (Fsp3) is 0.167. The molecule has 3 aromatic rings. The molecule has 0 atom stereocenters. The first-order chi connectivity index (χ1) is 12.0. The van der Waals surface area contributed by atoms with Gasteiger partial charge >= 0.3 is 0 Å². The van der Waals surface area contributed by atoms with Crippen molar-refractivity contribution < 1.29 is 13.9 Å². The van der Waals surface area contributed by atoms with Crippen molar-refractivity contribution in [2.75, 3.05) is 6.61 Å². The second-order valence-corrected chi connectivity index (χ2v) is 5.37. The van der Waals surface area contributed by atoms with Crippen LogP contribution in [0.4, 0.5) is 4.39 Å². The zero-order valence-corrected chi connectivity index (χ0v) is 13.7. The zero-order chi connectivity index (χ0) is 17.8. The third-order valence-corrected chi connectivity index (χ3v) is 3.64. The van der Waals surface area contributed by atoms with Crippen molar-refractivity contribution in [3.05, 3.63) is 65.5 Å². The number of nitrogens with zero attached hydrogens (tertiary/aromatic N) is 4. The standard InChI is InChI=1S/C18H15FN4O2/c1-11-12(2)22-17(15-9-20-7-8-21-15)23-18(11)25-10-16(24)13-3-5-14(19)6-4-13/h3-9H,10H2,1-2H3. The minimum absolute atomic E-state index is 0.206. The maximum atomic E-state index is 12.9. The number of aromatic nitrogens is 4. The summed E-state index contributed by atoms with van der Waals surface area (Å²) in [7, 11) is 0. The number of Topliss-reactive ketones (excluding diaryl/α,β-unsaturated/α-hetero) is 1. The Morgan fingerprint density at radius 3 is 2.56 bits per heavy atom. The molecule has 0 amide bonds. The average Bonchev–Trinajstić information content (AvgIpc) is 2.64. The lowest BCUT2D eigenvalue weighted by molar-refractivity contribution is 0.0917. The fourth-order valence-corrected chi connectivity index (χ4v) is 2.13. The van der Waals surface area contributed by atoms with Crippen molar-refractivity contribution in [1.82, 2.24) is 19.9 Å². The predicted molar refractivity (Wildman–Crippen MR) is 88.8 cm³/mol. The van der Waals surface area contributed by atoms with Crippen molar-refractivity contribution in [2.45, 2.75) is 13.8 Å². The third kappa shape index (κ3) is 3.82. The highest BCUT2D eigenvalue weighted by atomic mass is 19.1. The van der Waals surface area contributed by atoms with Crippen LogP contribution in [-0.4, -0.2) is 32.3 Å². The van der Waals surface area contributed by atoms with E-state index in [1.54, 1.807) is 18.6 Å². The van der Waals surface area contributed by atoms with Crippen LogP contribution >= 0.6 is 0 Å². The van der Waals surface area contributed by atoms with E-state index in [2.05, 4.69) is 19.9 Å². The normalized spacial score (nSPS) is 10.5. The second kappa shape index (κ2) is 7.12. The highest BCUT2D eigenvalue weighted by Crippen LogP contribution is 2.22. The molecule has 0 radical (unpaired) electrons. The fourth-order valence-electron chi connectivity index (χ4n) is 2.13. The molecule has 0 aliphatic carbocycles. The SMILES string of the molecule is Cc1nc(-c2cnccn2)nc(OCC(=O)c2ccc(F)cc2)c1C. The number of ether oxygens (including phenoxy) is 1. The van der Waals surface area contributed by atoms with Gasteiger partial charge < -0.3 is 4.74 Å². The van der Waals surface area contributed by atoms with Gasteiger partial charge in [-0.05, 0) is 38.1 Å². The molecule has 0 bridgehead atoms. The van der Waals surface area contributed by atoms with Gasteiger partial charge in [0.2, 0.25) is 5.88 Å². The van der Waals surface area contributed by atoms with Crippen LogP contribution < -0.4 is 4.74 Å². The van der Waals surface area contributed by atoms with Gasteiger partial charge in [-0.15, -0.1) is 0 Å². The Bertz CT molecular complexity index is 899. The molecule has 0 aliphatic rings. The molecule has 0 saturated heterocycles. The largest absolute Gasteiger partial charge is 0.469 e. The van der Waals surface area contributed by atoms with Gasteiger partial charge in [-0.25, -0.2) is 14.4 Å². The maximum Gasteiger partial charge on any atom is 0.220 e. The molecular formula is C18H15FN4O2. The van der Waals surface area contributed by atoms with Crippen LogP contribution in [0.2, 0.25) is 0 Å². The Hall–Kier alpha value is -3.22. The highest BCUT2D eigenvalue weighted by molar-refractivity contribution is 5.97. The van der Waals surface area contributed by atoms with Gasteiger partial charge in [0.15, 0.2) is 18.2 Å². The Labute approximate surface area is 143 Å². The molecule has 0 saturated carbocycles. The van der Waals surface area contributed by atoms with Gasteiger partial charge in [0.1, 0.15) is 11.5 Å². The lowest BCUT2D eigenvalue weighted by Gasteiger charge is -2.11. The number of hydrogen-bond acceptors (Lipinski definition) is 6. The topological polar surface area (TPSA) is 77.9 Å². The Balaban J connectivity index is 1.81. The highest BCUT2D eigenvalue weighted by Gasteiger charge is 2.14. The number of benzene rings is 1. The van der Waals surface area contributed by atoms with Crippen LogP contribution in [0, 0.1) is 19.7 Å². The van der Waals surface area contributed by atoms with Crippen molar-refractivity contribution >= 4 is 5.78 Å². The Kier molecular flexibility index (Phi) is 4.74. The summed E-state index contributed by atoms with van der Waals surface area (Å²) in [6.45, 7) is 3.43. The van der Waals surface area contributed by atoms with Crippen molar-refractivity contribution in [1.29, 1.82) is 0 Å². The molecule has 3 rings (SSSR count). The number of rotatable bonds is 5. The van der Waals surface area contributed by atoms with Gasteiger partial charge in [0.05, 0.1) is 6.20 Å². The minimum atomic E-state index is -0.395. The van der Waals surface area contributed by atoms with E-state index in [0.29, 0.717) is 23.0 Å². The maximum absolute atomic E-state index is 12.9. The predicted octanol–water partition coefficient (Wildman–Crippen LogP) is 2.95. The summed E-state index contributed by atoms with van der Waals surface area (Å²) in [6.07, 6.45) is 4.66. The Morgan fingerprint density at radius 2 is 1.88 bits per heavy atom. The summed E-state index contributed by atoms with van der Waals surface area (Å²) in [5.41, 5.74) is 2.35. The first kappa shape index (κ1) is 16.6. The lowest BCUT2D eigenvalue weighted by Crippen LogP contribution is -2.14. The summed E-state index contributed by atoms with van der Waals surface area (Å²) in [5.74, 6) is 0.0223. The number of halogens is 1. The smallest absolute Gasteiger partial charge is 0.220 e. The Morgan fingerprint density at radius 1 is 1.12 bits per heavy atom. The number of hydrogen-bond donors (Lipinski definition) is 0. The summed E-state index contributed by atoms with van der Waals surface area (Å²) in [4.78, 5) is 29.0. The molecule has 0 unspecified atom stereocenters. The van der Waals surface area contributed by atoms with Crippen molar-refractivity contribution in [2.24, 2.45) is 0 Å². The van der Waals surface area contributed by atoms with E-state index in [0.717, 1.165) is 11.3 Å². The van der Waals surface area contributed by atoms with Crippen LogP contribution in [0.25, 0.3) is 11.5 Å². The van der Waals surface area contributed by atoms with E-state index >= 15 is 0 Å². The van der Waals surface area contributed by atoms with E-state index in [1.165, 1.54) is 24.3 Å². The first-order valence-electron chi connectivity index (χ1n) is 7.58.